The molecule has 1 heterocycles. The normalized spacial score (nSPS) is 11.0. The van der Waals surface area contributed by atoms with Crippen LogP contribution in [0.2, 0.25) is 0 Å². The highest BCUT2D eigenvalue weighted by molar-refractivity contribution is 5.74. The highest BCUT2D eigenvalue weighted by atomic mass is 16.2. The van der Waals surface area contributed by atoms with E-state index in [0.717, 1.165) is 135 Å². The van der Waals surface area contributed by atoms with Crippen LogP contribution in [-0.4, -0.2) is 71.1 Å². The van der Waals surface area contributed by atoms with Crippen LogP contribution in [-0.2, 0) is 19.6 Å². The van der Waals surface area contributed by atoms with Gasteiger partial charge in [-0.3, -0.25) is 0 Å². The van der Waals surface area contributed by atoms with Gasteiger partial charge in [0.1, 0.15) is 0 Å². The Labute approximate surface area is 342 Å². The Kier molecular flexibility index (Phi) is 31.8. The Morgan fingerprint density at radius 1 is 0.316 bits per heavy atom. The van der Waals surface area contributed by atoms with E-state index in [-0.39, 0.29) is 37.7 Å². The monoisotopic (exact) mass is 808 g/mol. The number of hydrogen-bond acceptors (Lipinski definition) is 6. The van der Waals surface area contributed by atoms with E-state index in [0.29, 0.717) is 58.5 Å². The van der Waals surface area contributed by atoms with Gasteiger partial charge in [-0.1, -0.05) is 117 Å². The molecule has 0 saturated heterocycles. The van der Waals surface area contributed by atoms with Gasteiger partial charge in [0.15, 0.2) is 0 Å². The number of carbonyl (C=O) groups is 3. The third-order valence-corrected chi connectivity index (χ3v) is 10.1. The predicted octanol–water partition coefficient (Wildman–Crippen LogP) is 6.49. The van der Waals surface area contributed by atoms with Crippen molar-refractivity contribution in [2.45, 2.75) is 195 Å². The van der Waals surface area contributed by atoms with Gasteiger partial charge in [-0.2, -0.15) is 0 Å². The van der Waals surface area contributed by atoms with Crippen LogP contribution in [0.1, 0.15) is 175 Å². The zero-order valence-electron chi connectivity index (χ0n) is 36.1. The smallest absolute Gasteiger partial charge is 0.336 e. The highest BCUT2D eigenvalue weighted by Gasteiger charge is 2.15. The van der Waals surface area contributed by atoms with Crippen molar-refractivity contribution in [1.82, 2.24) is 45.6 Å². The molecule has 0 aliphatic rings. The van der Waals surface area contributed by atoms with Gasteiger partial charge in [-0.25, -0.2) is 42.5 Å². The maximum Gasteiger partial charge on any atom is 0.336 e. The summed E-state index contributed by atoms with van der Waals surface area (Å²) in [5.74, 6) is 0. The van der Waals surface area contributed by atoms with Gasteiger partial charge in [0.05, 0.1) is 0 Å². The van der Waals surface area contributed by atoms with Crippen LogP contribution in [0.4, 0.5) is 14.4 Å². The fourth-order valence-electron chi connectivity index (χ4n) is 6.49. The van der Waals surface area contributed by atoms with Gasteiger partial charge in [-0.15, -0.1) is 0 Å². The van der Waals surface area contributed by atoms with Crippen molar-refractivity contribution in [2.75, 3.05) is 39.3 Å². The molecule has 0 aliphatic carbocycles. The summed E-state index contributed by atoms with van der Waals surface area (Å²) >= 11 is 0. The first-order valence-electron chi connectivity index (χ1n) is 22.8. The van der Waals surface area contributed by atoms with E-state index in [1.165, 1.54) is 13.7 Å². The minimum atomic E-state index is -0.513. The maximum atomic E-state index is 13.5. The number of nitrogens with one attached hydrogen (secondary N) is 6. The zero-order valence-corrected chi connectivity index (χ0v) is 36.1. The van der Waals surface area contributed by atoms with Gasteiger partial charge in [0.25, 0.3) is 0 Å². The minimum Gasteiger partial charge on any atom is -0.338 e. The summed E-state index contributed by atoms with van der Waals surface area (Å²) in [6.45, 7) is 11.1. The van der Waals surface area contributed by atoms with E-state index in [4.69, 9.17) is 0 Å². The Morgan fingerprint density at radius 2 is 0.509 bits per heavy atom. The summed E-state index contributed by atoms with van der Waals surface area (Å²) in [4.78, 5) is 75.9. The number of nitrogens with zero attached hydrogens (tertiary/aromatic N) is 3. The minimum absolute atomic E-state index is 0.116. The van der Waals surface area contributed by atoms with Crippen molar-refractivity contribution in [3.05, 3.63) is 31.5 Å². The number of hydrogen-bond donors (Lipinski definition) is 6. The highest BCUT2D eigenvalue weighted by Crippen LogP contribution is 2.08. The van der Waals surface area contributed by atoms with Crippen molar-refractivity contribution < 1.29 is 14.4 Å². The molecule has 6 amide bonds. The van der Waals surface area contributed by atoms with Gasteiger partial charge < -0.3 is 31.9 Å². The summed E-state index contributed by atoms with van der Waals surface area (Å²) in [7, 11) is 0. The zero-order chi connectivity index (χ0) is 41.8. The molecule has 0 fully saturated rings. The van der Waals surface area contributed by atoms with Crippen LogP contribution in [0.5, 0.6) is 0 Å². The second-order valence-corrected chi connectivity index (χ2v) is 15.3. The molecule has 0 atom stereocenters. The molecule has 57 heavy (non-hydrogen) atoms. The van der Waals surface area contributed by atoms with Gasteiger partial charge in [-0.05, 0) is 57.8 Å². The lowest BCUT2D eigenvalue weighted by atomic mass is 10.1. The fourth-order valence-corrected chi connectivity index (χ4v) is 6.49. The summed E-state index contributed by atoms with van der Waals surface area (Å²) < 4.78 is 3.79. The third-order valence-electron chi connectivity index (χ3n) is 10.1. The van der Waals surface area contributed by atoms with Crippen LogP contribution in [0, 0.1) is 0 Å². The molecule has 1 aromatic rings. The summed E-state index contributed by atoms with van der Waals surface area (Å²) in [5, 5.41) is 17.2. The number of unbranched alkanes of at least 4 members (excludes halogenated alkanes) is 18. The predicted molar refractivity (Wildman–Crippen MR) is 231 cm³/mol. The molecule has 15 heteroatoms. The van der Waals surface area contributed by atoms with Crippen molar-refractivity contribution in [1.29, 1.82) is 0 Å². The van der Waals surface area contributed by atoms with Crippen molar-refractivity contribution >= 4 is 18.1 Å². The lowest BCUT2D eigenvalue weighted by Gasteiger charge is -2.14. The quantitative estimate of drug-likeness (QED) is 0.0420. The summed E-state index contributed by atoms with van der Waals surface area (Å²) in [6.07, 6.45) is 22.3. The first-order valence-corrected chi connectivity index (χ1v) is 22.8. The van der Waals surface area contributed by atoms with Crippen LogP contribution in [0.25, 0.3) is 0 Å². The second kappa shape index (κ2) is 35.4. The topological polar surface area (TPSA) is 189 Å². The summed E-state index contributed by atoms with van der Waals surface area (Å²) in [6, 6.07) is -0.347. The van der Waals surface area contributed by atoms with Gasteiger partial charge in [0.2, 0.25) is 0 Å². The van der Waals surface area contributed by atoms with Crippen LogP contribution in [0.15, 0.2) is 14.4 Å². The van der Waals surface area contributed by atoms with Crippen LogP contribution >= 0.6 is 0 Å². The molecule has 0 unspecified atom stereocenters. The molecule has 1 rings (SSSR count). The van der Waals surface area contributed by atoms with E-state index >= 15 is 0 Å². The first-order chi connectivity index (χ1) is 27.8. The van der Waals surface area contributed by atoms with Crippen LogP contribution in [0.3, 0.4) is 0 Å². The number of amides is 6. The van der Waals surface area contributed by atoms with E-state index < -0.39 is 17.1 Å². The molecule has 0 saturated carbocycles. The Balaban J connectivity index is 2.61. The maximum absolute atomic E-state index is 13.5. The Hall–Kier alpha value is -3.78. The second-order valence-electron chi connectivity index (χ2n) is 15.3. The molecule has 0 radical (unpaired) electrons. The largest absolute Gasteiger partial charge is 0.338 e. The van der Waals surface area contributed by atoms with E-state index in [2.05, 4.69) is 52.7 Å². The molecular weight excluding hydrogens is 727 g/mol. The standard InChI is InChI=1S/C42H81N9O6/c1-4-7-28-43-37(52)46-31-22-16-10-13-19-25-34-49-40(55)50(35-26-20-14-11-17-23-32-47-38(53)44-29-8-5-2)42(57)51(41(49)56)36-27-21-15-12-18-24-33-48-39(54)45-30-9-6-3/h4-36H2,1-3H3,(H2,43,46,52)(H2,44,47,53)(H2,45,48,54). The molecule has 0 spiro atoms. The number of rotatable bonds is 36. The van der Waals surface area contributed by atoms with Crippen molar-refractivity contribution in [3.8, 4) is 0 Å². The Bertz CT molecular complexity index is 1180. The third kappa shape index (κ3) is 26.0. The van der Waals surface area contributed by atoms with Crippen molar-refractivity contribution in [2.24, 2.45) is 0 Å². The van der Waals surface area contributed by atoms with Gasteiger partial charge in [0, 0.05) is 58.9 Å². The molecule has 330 valence electrons. The molecule has 15 nitrogen and oxygen atoms in total. The molecular formula is C42H81N9O6. The number of carbonyl (C=O) groups excluding carboxylic acids is 3. The molecule has 0 aromatic carbocycles. The number of urea groups is 3. The first kappa shape index (κ1) is 51.2. The van der Waals surface area contributed by atoms with E-state index in [1.807, 2.05) is 0 Å². The summed E-state index contributed by atoms with van der Waals surface area (Å²) in [5.41, 5.74) is -1.54. The van der Waals surface area contributed by atoms with E-state index in [9.17, 15) is 28.8 Å². The average molecular weight is 808 g/mol. The lowest BCUT2D eigenvalue weighted by molar-refractivity contribution is 0.239. The molecule has 0 bridgehead atoms. The Morgan fingerprint density at radius 3 is 0.737 bits per heavy atom. The fraction of sp³-hybridized carbons (Fsp3) is 0.857. The molecule has 0 aliphatic heterocycles. The molecule has 6 N–H and O–H groups in total. The SMILES string of the molecule is CCCCNC(=O)NCCCCCCCCn1c(=O)n(CCCCCCCCNC(=O)NCCCC)c(=O)n(CCCCCCCCNC(=O)NCCCC)c1=O. The van der Waals surface area contributed by atoms with Gasteiger partial charge >= 0.3 is 35.2 Å². The van der Waals surface area contributed by atoms with Crippen LogP contribution < -0.4 is 49.0 Å². The van der Waals surface area contributed by atoms with Crippen molar-refractivity contribution in [3.63, 3.8) is 0 Å². The average Bonchev–Trinajstić information content (AvgIpc) is 3.19. The molecule has 1 aromatic heterocycles. The van der Waals surface area contributed by atoms with E-state index in [1.54, 1.807) is 0 Å². The number of aromatic nitrogens is 3. The lowest BCUT2D eigenvalue weighted by Crippen LogP contribution is -2.54.